The normalized spacial score (nSPS) is 16.0. The van der Waals surface area contributed by atoms with Crippen molar-refractivity contribution in [2.75, 3.05) is 37.5 Å². The summed E-state index contributed by atoms with van der Waals surface area (Å²) >= 11 is 0. The number of carbonyl (C=O) groups excluding carboxylic acids is 1. The van der Waals surface area contributed by atoms with E-state index in [0.717, 1.165) is 37.6 Å². The first-order valence-electron chi connectivity index (χ1n) is 8.88. The largest absolute Gasteiger partial charge is 0.378 e. The number of morpholine rings is 1. The maximum Gasteiger partial charge on any atom is 0.251 e. The summed E-state index contributed by atoms with van der Waals surface area (Å²) in [5.74, 6) is -0.164. The van der Waals surface area contributed by atoms with Gasteiger partial charge in [-0.25, -0.2) is 8.42 Å². The Balaban J connectivity index is 1.64. The number of rotatable bonds is 5. The number of hydrogen-bond acceptors (Lipinski definition) is 5. The molecule has 0 aliphatic carbocycles. The third-order valence-corrected chi connectivity index (χ3v) is 5.79. The van der Waals surface area contributed by atoms with E-state index in [0.29, 0.717) is 5.56 Å². The fourth-order valence-electron chi connectivity index (χ4n) is 3.01. The molecule has 1 saturated heterocycles. The summed E-state index contributed by atoms with van der Waals surface area (Å²) in [6, 6.07) is 13.9. The molecule has 1 atom stereocenters. The fourth-order valence-corrected chi connectivity index (χ4v) is 3.64. The molecule has 3 rings (SSSR count). The predicted molar refractivity (Wildman–Crippen MR) is 105 cm³/mol. The van der Waals surface area contributed by atoms with Crippen LogP contribution < -0.4 is 10.2 Å². The average Bonchev–Trinajstić information content (AvgIpc) is 2.68. The van der Waals surface area contributed by atoms with Gasteiger partial charge in [-0.2, -0.15) is 0 Å². The molecule has 1 N–H and O–H groups in total. The van der Waals surface area contributed by atoms with Crippen molar-refractivity contribution in [3.8, 4) is 0 Å². The number of anilines is 1. The number of sulfone groups is 1. The maximum atomic E-state index is 12.5. The van der Waals surface area contributed by atoms with Gasteiger partial charge in [-0.15, -0.1) is 0 Å². The number of amides is 1. The first-order valence-corrected chi connectivity index (χ1v) is 10.8. The van der Waals surface area contributed by atoms with Gasteiger partial charge < -0.3 is 15.0 Å². The summed E-state index contributed by atoms with van der Waals surface area (Å²) in [7, 11) is -3.22. The zero-order chi connectivity index (χ0) is 19.4. The SMILES string of the molecule is CC(NC(=O)c1ccc(N2CCOCC2)cc1)c1ccc(S(C)(=O)=O)cc1. The van der Waals surface area contributed by atoms with Crippen molar-refractivity contribution < 1.29 is 17.9 Å². The number of nitrogens with one attached hydrogen (secondary N) is 1. The minimum absolute atomic E-state index is 0.164. The number of ether oxygens (including phenoxy) is 1. The zero-order valence-electron chi connectivity index (χ0n) is 15.5. The van der Waals surface area contributed by atoms with Crippen molar-refractivity contribution >= 4 is 21.4 Å². The summed E-state index contributed by atoms with van der Waals surface area (Å²) in [5.41, 5.74) is 2.52. The molecule has 1 amide bonds. The van der Waals surface area contributed by atoms with Crippen molar-refractivity contribution in [3.63, 3.8) is 0 Å². The van der Waals surface area contributed by atoms with E-state index in [1.165, 1.54) is 6.26 Å². The Kier molecular flexibility index (Phi) is 5.82. The van der Waals surface area contributed by atoms with Crippen molar-refractivity contribution in [3.05, 3.63) is 59.7 Å². The monoisotopic (exact) mass is 388 g/mol. The van der Waals surface area contributed by atoms with E-state index in [9.17, 15) is 13.2 Å². The predicted octanol–water partition coefficient (Wildman–Crippen LogP) is 2.42. The number of carbonyl (C=O) groups is 1. The first-order chi connectivity index (χ1) is 12.8. The number of benzene rings is 2. The van der Waals surface area contributed by atoms with Gasteiger partial charge in [0.05, 0.1) is 24.2 Å². The summed E-state index contributed by atoms with van der Waals surface area (Å²) in [5, 5.41) is 2.95. The van der Waals surface area contributed by atoms with Gasteiger partial charge in [0, 0.05) is 30.6 Å². The summed E-state index contributed by atoms with van der Waals surface area (Å²) in [6.07, 6.45) is 1.17. The van der Waals surface area contributed by atoms with Gasteiger partial charge in [-0.1, -0.05) is 12.1 Å². The van der Waals surface area contributed by atoms with Crippen LogP contribution in [0.4, 0.5) is 5.69 Å². The van der Waals surface area contributed by atoms with Crippen LogP contribution in [0.25, 0.3) is 0 Å². The molecule has 0 spiro atoms. The molecule has 0 radical (unpaired) electrons. The highest BCUT2D eigenvalue weighted by Crippen LogP contribution is 2.19. The average molecular weight is 388 g/mol. The van der Waals surface area contributed by atoms with E-state index in [4.69, 9.17) is 4.74 Å². The quantitative estimate of drug-likeness (QED) is 0.851. The molecular formula is C20H24N2O4S. The van der Waals surface area contributed by atoms with Crippen LogP contribution in [0.2, 0.25) is 0 Å². The molecule has 0 saturated carbocycles. The van der Waals surface area contributed by atoms with Crippen LogP contribution in [0.5, 0.6) is 0 Å². The highest BCUT2D eigenvalue weighted by atomic mass is 32.2. The molecule has 1 aliphatic heterocycles. The second-order valence-corrected chi connectivity index (χ2v) is 8.70. The van der Waals surface area contributed by atoms with Crippen LogP contribution in [0.1, 0.15) is 28.9 Å². The van der Waals surface area contributed by atoms with Crippen LogP contribution in [0.3, 0.4) is 0 Å². The lowest BCUT2D eigenvalue weighted by atomic mass is 10.1. The molecule has 1 heterocycles. The number of hydrogen-bond donors (Lipinski definition) is 1. The molecule has 1 unspecified atom stereocenters. The van der Waals surface area contributed by atoms with Gasteiger partial charge in [0.25, 0.3) is 5.91 Å². The van der Waals surface area contributed by atoms with Crippen LogP contribution >= 0.6 is 0 Å². The van der Waals surface area contributed by atoms with E-state index in [-0.39, 0.29) is 16.8 Å². The van der Waals surface area contributed by atoms with E-state index in [2.05, 4.69) is 10.2 Å². The third-order valence-electron chi connectivity index (χ3n) is 4.66. The van der Waals surface area contributed by atoms with Gasteiger partial charge in [0.2, 0.25) is 0 Å². The fraction of sp³-hybridized carbons (Fsp3) is 0.350. The van der Waals surface area contributed by atoms with Crippen LogP contribution in [-0.2, 0) is 14.6 Å². The highest BCUT2D eigenvalue weighted by molar-refractivity contribution is 7.90. The Morgan fingerprint density at radius 1 is 1.04 bits per heavy atom. The summed E-state index contributed by atoms with van der Waals surface area (Å²) in [6.45, 7) is 5.02. The van der Waals surface area contributed by atoms with Crippen molar-refractivity contribution in [1.82, 2.24) is 5.32 Å². The van der Waals surface area contributed by atoms with E-state index in [1.54, 1.807) is 24.3 Å². The molecule has 0 bridgehead atoms. The zero-order valence-corrected chi connectivity index (χ0v) is 16.3. The molecule has 7 heteroatoms. The molecule has 1 fully saturated rings. The van der Waals surface area contributed by atoms with E-state index < -0.39 is 9.84 Å². The molecule has 144 valence electrons. The third kappa shape index (κ3) is 4.87. The lowest BCUT2D eigenvalue weighted by molar-refractivity contribution is 0.0939. The van der Waals surface area contributed by atoms with Gasteiger partial charge >= 0.3 is 0 Å². The second kappa shape index (κ2) is 8.10. The van der Waals surface area contributed by atoms with E-state index in [1.807, 2.05) is 31.2 Å². The van der Waals surface area contributed by atoms with Crippen molar-refractivity contribution in [1.29, 1.82) is 0 Å². The highest BCUT2D eigenvalue weighted by Gasteiger charge is 2.15. The Labute approximate surface area is 160 Å². The number of nitrogens with zero attached hydrogens (tertiary/aromatic N) is 1. The molecule has 1 aliphatic rings. The second-order valence-electron chi connectivity index (χ2n) is 6.68. The molecule has 6 nitrogen and oxygen atoms in total. The topological polar surface area (TPSA) is 75.7 Å². The lowest BCUT2D eigenvalue weighted by Crippen LogP contribution is -2.36. The van der Waals surface area contributed by atoms with Crippen LogP contribution in [0, 0.1) is 0 Å². The van der Waals surface area contributed by atoms with Crippen molar-refractivity contribution in [2.24, 2.45) is 0 Å². The van der Waals surface area contributed by atoms with Gasteiger partial charge in [0.1, 0.15) is 0 Å². The molecule has 2 aromatic rings. The van der Waals surface area contributed by atoms with Gasteiger partial charge in [0.15, 0.2) is 9.84 Å². The Morgan fingerprint density at radius 3 is 2.19 bits per heavy atom. The van der Waals surface area contributed by atoms with E-state index >= 15 is 0 Å². The summed E-state index contributed by atoms with van der Waals surface area (Å²) in [4.78, 5) is 15.0. The summed E-state index contributed by atoms with van der Waals surface area (Å²) < 4.78 is 28.4. The lowest BCUT2D eigenvalue weighted by Gasteiger charge is -2.28. The maximum absolute atomic E-state index is 12.5. The Hall–Kier alpha value is -2.38. The van der Waals surface area contributed by atoms with Crippen molar-refractivity contribution in [2.45, 2.75) is 17.9 Å². The smallest absolute Gasteiger partial charge is 0.251 e. The first kappa shape index (κ1) is 19.4. The van der Waals surface area contributed by atoms with Gasteiger partial charge in [-0.3, -0.25) is 4.79 Å². The van der Waals surface area contributed by atoms with Gasteiger partial charge in [-0.05, 0) is 48.9 Å². The molecule has 2 aromatic carbocycles. The standard InChI is InChI=1S/C20H24N2O4S/c1-15(16-5-9-19(10-6-16)27(2,24)25)21-20(23)17-3-7-18(8-4-17)22-11-13-26-14-12-22/h3-10,15H,11-14H2,1-2H3,(H,21,23). The molecule has 27 heavy (non-hydrogen) atoms. The minimum atomic E-state index is -3.22. The Bertz CT molecular complexity index is 887. The minimum Gasteiger partial charge on any atom is -0.378 e. The van der Waals surface area contributed by atoms with Crippen LogP contribution in [-0.4, -0.2) is 46.9 Å². The molecular weight excluding hydrogens is 364 g/mol. The van der Waals surface area contributed by atoms with Crippen LogP contribution in [0.15, 0.2) is 53.4 Å². The Morgan fingerprint density at radius 2 is 1.63 bits per heavy atom. The molecule has 0 aromatic heterocycles.